The first-order valence-corrected chi connectivity index (χ1v) is 11.8. The predicted molar refractivity (Wildman–Crippen MR) is 138 cm³/mol. The van der Waals surface area contributed by atoms with Crippen LogP contribution in [0.3, 0.4) is 0 Å². The van der Waals surface area contributed by atoms with Gasteiger partial charge in [0.1, 0.15) is 12.7 Å². The maximum Gasteiger partial charge on any atom is 0.426 e. The molecule has 3 aromatic rings. The van der Waals surface area contributed by atoms with Crippen molar-refractivity contribution in [2.75, 3.05) is 0 Å². The van der Waals surface area contributed by atoms with Gasteiger partial charge in [-0.3, -0.25) is 0 Å². The van der Waals surface area contributed by atoms with E-state index in [0.29, 0.717) is 5.57 Å². The zero-order valence-electron chi connectivity index (χ0n) is 21.9. The molecule has 3 rings (SSSR count). The van der Waals surface area contributed by atoms with Crippen molar-refractivity contribution in [2.24, 2.45) is 0 Å². The van der Waals surface area contributed by atoms with Crippen molar-refractivity contribution in [3.63, 3.8) is 0 Å². The van der Waals surface area contributed by atoms with Crippen LogP contribution in [0.25, 0.3) is 21.5 Å². The van der Waals surface area contributed by atoms with Crippen LogP contribution in [0.2, 0.25) is 0 Å². The second kappa shape index (κ2) is 12.5. The van der Waals surface area contributed by atoms with Gasteiger partial charge in [0.25, 0.3) is 5.60 Å². The number of alkyl halides is 6. The van der Waals surface area contributed by atoms with Crippen molar-refractivity contribution in [1.82, 2.24) is 0 Å². The van der Waals surface area contributed by atoms with Crippen LogP contribution in [0.15, 0.2) is 78.9 Å². The minimum absolute atomic E-state index is 0.186. The number of ether oxygens (including phenoxy) is 2. The van der Waals surface area contributed by atoms with E-state index in [0.717, 1.165) is 34.0 Å². The highest BCUT2D eigenvalue weighted by Crippen LogP contribution is 2.46. The molecule has 11 heteroatoms. The third-order valence-electron chi connectivity index (χ3n) is 5.76. The van der Waals surface area contributed by atoms with Crippen LogP contribution in [-0.4, -0.2) is 41.1 Å². The highest BCUT2D eigenvalue weighted by Gasteiger charge is 2.70. The first-order valence-electron chi connectivity index (χ1n) is 11.8. The molecule has 0 aliphatic heterocycles. The van der Waals surface area contributed by atoms with Gasteiger partial charge < -0.3 is 14.6 Å². The molecule has 0 heterocycles. The average molecular weight is 571 g/mol. The van der Waals surface area contributed by atoms with E-state index < -0.39 is 36.4 Å². The van der Waals surface area contributed by atoms with Gasteiger partial charge >= 0.3 is 24.3 Å². The zero-order valence-corrected chi connectivity index (χ0v) is 21.9. The highest BCUT2D eigenvalue weighted by molar-refractivity contribution is 6.02. The van der Waals surface area contributed by atoms with Gasteiger partial charge in [-0.2, -0.15) is 26.3 Å². The Hall–Kier alpha value is -3.86. The van der Waals surface area contributed by atoms with Crippen LogP contribution in [0.4, 0.5) is 26.3 Å². The summed E-state index contributed by atoms with van der Waals surface area (Å²) in [6.07, 6.45) is -15.5. The number of esters is 2. The van der Waals surface area contributed by atoms with Gasteiger partial charge in [-0.25, -0.2) is 9.59 Å². The highest BCUT2D eigenvalue weighted by atomic mass is 19.4. The summed E-state index contributed by atoms with van der Waals surface area (Å²) in [6, 6.07) is 18.5. The molecule has 0 fully saturated rings. The maximum absolute atomic E-state index is 12.3. The molecule has 5 nitrogen and oxygen atoms in total. The molecule has 3 aromatic carbocycles. The van der Waals surface area contributed by atoms with Gasteiger partial charge in [0.15, 0.2) is 0 Å². The monoisotopic (exact) mass is 570 g/mol. The number of halogens is 6. The smallest absolute Gasteiger partial charge is 0.426 e. The SMILES string of the molecule is C=C(C)C(=O)OC(C)CC(O)(C(F)(F)F)C(F)(F)F.C=C(C)C(=O)OCc1c2ccccc2cc2ccccc12. The van der Waals surface area contributed by atoms with Crippen LogP contribution in [0.1, 0.15) is 32.8 Å². The minimum Gasteiger partial charge on any atom is -0.459 e. The maximum atomic E-state index is 12.3. The van der Waals surface area contributed by atoms with E-state index in [1.807, 2.05) is 24.3 Å². The Kier molecular flexibility index (Phi) is 10.1. The van der Waals surface area contributed by atoms with E-state index >= 15 is 0 Å². The molecule has 0 aromatic heterocycles. The van der Waals surface area contributed by atoms with E-state index in [1.54, 1.807) is 6.92 Å². The molecule has 1 N–H and O–H groups in total. The summed E-state index contributed by atoms with van der Waals surface area (Å²) in [5, 5.41) is 13.4. The first kappa shape index (κ1) is 32.4. The standard InChI is InChI=1S/C19H16O2.C10H12F6O3/c1-13(2)19(20)21-12-18-16-9-5-3-7-14(16)11-15-8-4-6-10-17(15)18;1-5(2)7(17)19-6(3)4-8(18,9(11,12)13)10(14,15)16/h3-11H,1,12H2,2H3;6,18H,1,4H2,2-3H3. The number of carbonyl (C=O) groups excluding carboxylic acids is 2. The van der Waals surface area contributed by atoms with Gasteiger partial charge in [-0.1, -0.05) is 61.7 Å². The number of hydrogen-bond acceptors (Lipinski definition) is 5. The average Bonchev–Trinajstić information content (AvgIpc) is 2.85. The first-order chi connectivity index (χ1) is 18.4. The Bertz CT molecular complexity index is 1340. The van der Waals surface area contributed by atoms with E-state index in [-0.39, 0.29) is 18.1 Å². The van der Waals surface area contributed by atoms with Gasteiger partial charge in [-0.05, 0) is 48.4 Å². The molecule has 0 radical (unpaired) electrons. The Labute approximate surface area is 226 Å². The fraction of sp³-hybridized carbons (Fsp3) is 0.310. The van der Waals surface area contributed by atoms with E-state index in [9.17, 15) is 35.9 Å². The van der Waals surface area contributed by atoms with Crippen molar-refractivity contribution in [1.29, 1.82) is 0 Å². The summed E-state index contributed by atoms with van der Waals surface area (Å²) in [5.74, 6) is -1.49. The third-order valence-corrected chi connectivity index (χ3v) is 5.76. The van der Waals surface area contributed by atoms with Gasteiger partial charge in [-0.15, -0.1) is 0 Å². The summed E-state index contributed by atoms with van der Waals surface area (Å²) in [4.78, 5) is 22.6. The molecule has 0 aliphatic rings. The van der Waals surface area contributed by atoms with Crippen molar-refractivity contribution in [2.45, 2.75) is 57.9 Å². The molecular weight excluding hydrogens is 542 g/mol. The van der Waals surface area contributed by atoms with Crippen molar-refractivity contribution < 1.29 is 50.5 Å². The van der Waals surface area contributed by atoms with Crippen LogP contribution in [0.5, 0.6) is 0 Å². The molecule has 40 heavy (non-hydrogen) atoms. The Morgan fingerprint density at radius 1 is 0.825 bits per heavy atom. The summed E-state index contributed by atoms with van der Waals surface area (Å²) in [6.45, 7) is 10.6. The molecule has 0 amide bonds. The van der Waals surface area contributed by atoms with Gasteiger partial charge in [0, 0.05) is 23.1 Å². The Balaban J connectivity index is 0.000000283. The summed E-state index contributed by atoms with van der Waals surface area (Å²) in [7, 11) is 0. The molecule has 0 aliphatic carbocycles. The van der Waals surface area contributed by atoms with Crippen molar-refractivity contribution >= 4 is 33.5 Å². The summed E-state index contributed by atoms with van der Waals surface area (Å²) < 4.78 is 83.6. The van der Waals surface area contributed by atoms with Crippen molar-refractivity contribution in [3.05, 3.63) is 84.5 Å². The number of aliphatic hydroxyl groups is 1. The Morgan fingerprint density at radius 2 is 1.25 bits per heavy atom. The van der Waals surface area contributed by atoms with Gasteiger partial charge in [0.2, 0.25) is 0 Å². The number of rotatable bonds is 7. The second-order valence-electron chi connectivity index (χ2n) is 9.21. The van der Waals surface area contributed by atoms with E-state index in [1.165, 1.54) is 6.92 Å². The van der Waals surface area contributed by atoms with Crippen LogP contribution >= 0.6 is 0 Å². The lowest BCUT2D eigenvalue weighted by molar-refractivity contribution is -0.373. The second-order valence-corrected chi connectivity index (χ2v) is 9.21. The predicted octanol–water partition coefficient (Wildman–Crippen LogP) is 7.35. The quantitative estimate of drug-likeness (QED) is 0.139. The van der Waals surface area contributed by atoms with Crippen LogP contribution < -0.4 is 0 Å². The van der Waals surface area contributed by atoms with Gasteiger partial charge in [0.05, 0.1) is 0 Å². The van der Waals surface area contributed by atoms with E-state index in [4.69, 9.17) is 9.84 Å². The normalized spacial score (nSPS) is 12.8. The molecule has 1 unspecified atom stereocenters. The van der Waals surface area contributed by atoms with Crippen LogP contribution in [-0.2, 0) is 25.7 Å². The molecule has 0 bridgehead atoms. The fourth-order valence-corrected chi connectivity index (χ4v) is 3.66. The molecule has 216 valence electrons. The van der Waals surface area contributed by atoms with E-state index in [2.05, 4.69) is 48.2 Å². The molecule has 0 saturated heterocycles. The summed E-state index contributed by atoms with van der Waals surface area (Å²) in [5.41, 5.74) is -3.67. The topological polar surface area (TPSA) is 72.8 Å². The lowest BCUT2D eigenvalue weighted by Gasteiger charge is -2.33. The largest absolute Gasteiger partial charge is 0.459 e. The number of fused-ring (bicyclic) bond motifs is 2. The number of hydrogen-bond donors (Lipinski definition) is 1. The van der Waals surface area contributed by atoms with Crippen molar-refractivity contribution in [3.8, 4) is 0 Å². The molecule has 0 spiro atoms. The number of carbonyl (C=O) groups is 2. The van der Waals surface area contributed by atoms with Crippen LogP contribution in [0, 0.1) is 0 Å². The molecule has 0 saturated carbocycles. The Morgan fingerprint density at radius 3 is 1.65 bits per heavy atom. The summed E-state index contributed by atoms with van der Waals surface area (Å²) >= 11 is 0. The minimum atomic E-state index is -5.94. The lowest BCUT2D eigenvalue weighted by atomic mass is 9.95. The fourth-order valence-electron chi connectivity index (χ4n) is 3.66. The lowest BCUT2D eigenvalue weighted by Crippen LogP contribution is -2.58. The molecule has 1 atom stereocenters. The third kappa shape index (κ3) is 7.62. The molecular formula is C29H28F6O5. The zero-order chi connectivity index (χ0) is 30.5. The number of benzene rings is 3.